The molecule has 0 fully saturated rings. The van der Waals surface area contributed by atoms with Crippen molar-refractivity contribution >= 4 is 22.6 Å². The summed E-state index contributed by atoms with van der Waals surface area (Å²) in [5, 5.41) is 9.87. The topological polar surface area (TPSA) is 92.5 Å². The van der Waals surface area contributed by atoms with Crippen molar-refractivity contribution in [3.05, 3.63) is 86.8 Å². The molecule has 0 aliphatic heterocycles. The van der Waals surface area contributed by atoms with Crippen LogP contribution in [0.15, 0.2) is 52.4 Å². The summed E-state index contributed by atoms with van der Waals surface area (Å²) in [7, 11) is 0. The molecule has 1 aromatic carbocycles. The number of nitriles is 1. The molecular weight excluding hydrogens is 416 g/mol. The molecular formula is C23H17F2N5O2. The quantitative estimate of drug-likeness (QED) is 0.453. The molecule has 3 heterocycles. The molecule has 0 unspecified atom stereocenters. The van der Waals surface area contributed by atoms with Crippen LogP contribution in [0.25, 0.3) is 16.7 Å². The zero-order chi connectivity index (χ0) is 23.2. The van der Waals surface area contributed by atoms with Gasteiger partial charge in [-0.25, -0.2) is 13.8 Å². The van der Waals surface area contributed by atoms with Crippen LogP contribution in [0, 0.1) is 29.9 Å². The van der Waals surface area contributed by atoms with Gasteiger partial charge in [0.2, 0.25) is 0 Å². The third-order valence-corrected chi connectivity index (χ3v) is 5.07. The fourth-order valence-corrected chi connectivity index (χ4v) is 3.59. The van der Waals surface area contributed by atoms with E-state index in [-0.39, 0.29) is 28.1 Å². The van der Waals surface area contributed by atoms with E-state index in [0.29, 0.717) is 5.65 Å². The van der Waals surface area contributed by atoms with E-state index < -0.39 is 28.7 Å². The third kappa shape index (κ3) is 3.26. The Balaban J connectivity index is 2.17. The molecule has 9 heteroatoms. The lowest BCUT2D eigenvalue weighted by molar-refractivity contribution is 0.0989. The molecule has 4 rings (SSSR count). The second kappa shape index (κ2) is 7.81. The average Bonchev–Trinajstić information content (AvgIpc) is 2.74. The minimum atomic E-state index is -1.18. The summed E-state index contributed by atoms with van der Waals surface area (Å²) in [5.41, 5.74) is -0.0864. The summed E-state index contributed by atoms with van der Waals surface area (Å²) < 4.78 is 31.1. The van der Waals surface area contributed by atoms with Crippen molar-refractivity contribution in [3.63, 3.8) is 0 Å². The lowest BCUT2D eigenvalue weighted by Crippen LogP contribution is -2.31. The highest BCUT2D eigenvalue weighted by atomic mass is 19.1. The number of halogens is 2. The highest BCUT2D eigenvalue weighted by Crippen LogP contribution is 2.17. The lowest BCUT2D eigenvalue weighted by atomic mass is 10.1. The van der Waals surface area contributed by atoms with E-state index in [1.165, 1.54) is 15.0 Å². The second-order valence-corrected chi connectivity index (χ2v) is 7.51. The van der Waals surface area contributed by atoms with Gasteiger partial charge in [-0.1, -0.05) is 12.1 Å². The van der Waals surface area contributed by atoms with E-state index >= 15 is 0 Å². The SMILES string of the molecule is Cc1cccn2c(=O)c3cc(C#N)c(=NC(=O)c4c(F)cccc4F)n(C(C)C)c3nc12. The normalized spacial score (nSPS) is 12.0. The van der Waals surface area contributed by atoms with Crippen LogP contribution >= 0.6 is 0 Å². The van der Waals surface area contributed by atoms with Crippen LogP contribution in [0.3, 0.4) is 0 Å². The molecule has 0 N–H and O–H groups in total. The Morgan fingerprint density at radius 3 is 2.47 bits per heavy atom. The predicted octanol–water partition coefficient (Wildman–Crippen LogP) is 3.43. The van der Waals surface area contributed by atoms with Gasteiger partial charge in [-0.15, -0.1) is 0 Å². The maximum absolute atomic E-state index is 14.1. The number of aromatic nitrogens is 3. The van der Waals surface area contributed by atoms with Crippen LogP contribution in [0.2, 0.25) is 0 Å². The number of nitrogens with zero attached hydrogens (tertiary/aromatic N) is 5. The molecule has 0 aliphatic carbocycles. The van der Waals surface area contributed by atoms with Crippen molar-refractivity contribution in [1.82, 2.24) is 14.0 Å². The molecule has 7 nitrogen and oxygen atoms in total. The molecule has 0 radical (unpaired) electrons. The highest BCUT2D eigenvalue weighted by Gasteiger charge is 2.20. The summed E-state index contributed by atoms with van der Waals surface area (Å²) >= 11 is 0. The van der Waals surface area contributed by atoms with Crippen LogP contribution < -0.4 is 11.0 Å². The summed E-state index contributed by atoms with van der Waals surface area (Å²) in [6, 6.07) is 9.38. The Morgan fingerprint density at radius 1 is 1.16 bits per heavy atom. The Bertz CT molecular complexity index is 1570. The van der Waals surface area contributed by atoms with Crippen molar-refractivity contribution in [2.75, 3.05) is 0 Å². The first-order valence-corrected chi connectivity index (χ1v) is 9.75. The maximum Gasteiger partial charge on any atom is 0.284 e. The number of aryl methyl sites for hydroxylation is 1. The minimum absolute atomic E-state index is 0.0946. The summed E-state index contributed by atoms with van der Waals surface area (Å²) in [5.74, 6) is -3.31. The number of hydrogen-bond acceptors (Lipinski definition) is 4. The minimum Gasteiger partial charge on any atom is -0.306 e. The first-order valence-electron chi connectivity index (χ1n) is 9.75. The maximum atomic E-state index is 14.1. The molecule has 0 spiro atoms. The third-order valence-electron chi connectivity index (χ3n) is 5.07. The van der Waals surface area contributed by atoms with Crippen LogP contribution in [0.1, 0.15) is 41.4 Å². The number of pyridine rings is 2. The van der Waals surface area contributed by atoms with Crippen molar-refractivity contribution in [3.8, 4) is 6.07 Å². The molecule has 0 atom stereocenters. The number of benzene rings is 1. The Morgan fingerprint density at radius 2 is 1.84 bits per heavy atom. The number of carbonyl (C=O) groups excluding carboxylic acids is 1. The first kappa shape index (κ1) is 21.1. The van der Waals surface area contributed by atoms with Crippen molar-refractivity contribution < 1.29 is 13.6 Å². The number of fused-ring (bicyclic) bond motifs is 2. The van der Waals surface area contributed by atoms with Crippen molar-refractivity contribution in [1.29, 1.82) is 5.26 Å². The van der Waals surface area contributed by atoms with Gasteiger partial charge in [0.1, 0.15) is 34.6 Å². The fourth-order valence-electron chi connectivity index (χ4n) is 3.59. The molecule has 4 aromatic rings. The van der Waals surface area contributed by atoms with E-state index in [0.717, 1.165) is 23.8 Å². The van der Waals surface area contributed by atoms with E-state index in [1.54, 1.807) is 39.1 Å². The predicted molar refractivity (Wildman–Crippen MR) is 113 cm³/mol. The molecule has 32 heavy (non-hydrogen) atoms. The van der Waals surface area contributed by atoms with Gasteiger partial charge < -0.3 is 4.57 Å². The number of amides is 1. The Labute approximate surface area is 180 Å². The average molecular weight is 433 g/mol. The van der Waals surface area contributed by atoms with Gasteiger partial charge in [-0.3, -0.25) is 14.0 Å². The molecule has 0 saturated heterocycles. The standard InChI is InChI=1S/C23H17F2N5O2/c1-12(2)30-20(28-22(31)18-16(24)7-4-8-17(18)25)14(11-26)10-15-21(30)27-19-13(3)6-5-9-29(19)23(15)32/h4-10,12H,1-3H3. The zero-order valence-corrected chi connectivity index (χ0v) is 17.4. The van der Waals surface area contributed by atoms with Crippen LogP contribution in [-0.2, 0) is 0 Å². The summed E-state index contributed by atoms with van der Waals surface area (Å²) in [4.78, 5) is 34.3. The molecule has 1 amide bonds. The molecule has 0 saturated carbocycles. The van der Waals surface area contributed by atoms with Crippen LogP contribution in [0.5, 0.6) is 0 Å². The van der Waals surface area contributed by atoms with Crippen LogP contribution in [0.4, 0.5) is 8.78 Å². The number of rotatable bonds is 2. The Hall–Kier alpha value is -4.19. The molecule has 0 bridgehead atoms. The largest absolute Gasteiger partial charge is 0.306 e. The summed E-state index contributed by atoms with van der Waals surface area (Å²) in [6.45, 7) is 5.32. The number of carbonyl (C=O) groups is 1. The van der Waals surface area contributed by atoms with Gasteiger partial charge in [0, 0.05) is 12.2 Å². The molecule has 0 aliphatic rings. The van der Waals surface area contributed by atoms with Gasteiger partial charge >= 0.3 is 0 Å². The smallest absolute Gasteiger partial charge is 0.284 e. The fraction of sp³-hybridized carbons (Fsp3) is 0.174. The number of hydrogen-bond donors (Lipinski definition) is 0. The van der Waals surface area contributed by atoms with E-state index in [4.69, 9.17) is 0 Å². The highest BCUT2D eigenvalue weighted by molar-refractivity contribution is 5.95. The summed E-state index contributed by atoms with van der Waals surface area (Å²) in [6.07, 6.45) is 1.58. The van der Waals surface area contributed by atoms with E-state index in [9.17, 15) is 23.6 Å². The Kier molecular flexibility index (Phi) is 5.14. The van der Waals surface area contributed by atoms with E-state index in [2.05, 4.69) is 9.98 Å². The lowest BCUT2D eigenvalue weighted by Gasteiger charge is -2.17. The first-order chi connectivity index (χ1) is 15.2. The van der Waals surface area contributed by atoms with Crippen molar-refractivity contribution in [2.24, 2.45) is 4.99 Å². The van der Waals surface area contributed by atoms with Crippen LogP contribution in [-0.4, -0.2) is 19.9 Å². The monoisotopic (exact) mass is 433 g/mol. The molecule has 3 aromatic heterocycles. The van der Waals surface area contributed by atoms with Crippen molar-refractivity contribution in [2.45, 2.75) is 26.8 Å². The zero-order valence-electron chi connectivity index (χ0n) is 17.4. The molecule has 160 valence electrons. The second-order valence-electron chi connectivity index (χ2n) is 7.51. The van der Waals surface area contributed by atoms with Gasteiger partial charge in [0.05, 0.1) is 10.9 Å². The van der Waals surface area contributed by atoms with Gasteiger partial charge in [0.15, 0.2) is 5.49 Å². The van der Waals surface area contributed by atoms with Gasteiger partial charge in [-0.2, -0.15) is 10.3 Å². The van der Waals surface area contributed by atoms with Gasteiger partial charge in [-0.05, 0) is 50.6 Å². The van der Waals surface area contributed by atoms with E-state index in [1.807, 2.05) is 6.07 Å². The van der Waals surface area contributed by atoms with Gasteiger partial charge in [0.25, 0.3) is 11.5 Å².